The Morgan fingerprint density at radius 2 is 1.68 bits per heavy atom. The molecule has 2 atom stereocenters. The molecule has 0 saturated heterocycles. The standard InChI is InChI=1S/C14H14N4O/c1-3-4-11-10(2)14(8-17,9-18)13(6-15,7-16)5-12(11)19/h10-11H,3-5H2,1-2H3. The molecule has 0 radical (unpaired) electrons. The molecular weight excluding hydrogens is 240 g/mol. The minimum atomic E-state index is -1.86. The van der Waals surface area contributed by atoms with Gasteiger partial charge in [0.1, 0.15) is 5.78 Å². The van der Waals surface area contributed by atoms with Crippen molar-refractivity contribution in [2.45, 2.75) is 33.1 Å². The molecule has 0 aromatic rings. The maximum atomic E-state index is 12.1. The van der Waals surface area contributed by atoms with Crippen molar-refractivity contribution in [1.82, 2.24) is 0 Å². The van der Waals surface area contributed by atoms with Gasteiger partial charge in [-0.15, -0.1) is 0 Å². The van der Waals surface area contributed by atoms with E-state index in [0.717, 1.165) is 6.42 Å². The molecule has 0 N–H and O–H groups in total. The van der Waals surface area contributed by atoms with Gasteiger partial charge in [-0.25, -0.2) is 0 Å². The second-order valence-electron chi connectivity index (χ2n) is 4.99. The Bertz CT molecular complexity index is 524. The lowest BCUT2D eigenvalue weighted by Gasteiger charge is -2.43. The summed E-state index contributed by atoms with van der Waals surface area (Å²) in [4.78, 5) is 12.1. The Kier molecular flexibility index (Phi) is 3.94. The van der Waals surface area contributed by atoms with Gasteiger partial charge in [-0.1, -0.05) is 20.3 Å². The predicted octanol–water partition coefficient (Wildman–Crippen LogP) is 2.08. The number of nitrogens with zero attached hydrogens (tertiary/aromatic N) is 4. The average Bonchev–Trinajstić information content (AvgIpc) is 2.43. The van der Waals surface area contributed by atoms with E-state index in [1.807, 2.05) is 19.1 Å². The van der Waals surface area contributed by atoms with Gasteiger partial charge in [0.25, 0.3) is 0 Å². The molecule has 1 fully saturated rings. The fraction of sp³-hybridized carbons (Fsp3) is 0.643. The van der Waals surface area contributed by atoms with Gasteiger partial charge in [0.15, 0.2) is 10.8 Å². The lowest BCUT2D eigenvalue weighted by Crippen LogP contribution is -2.53. The zero-order chi connectivity index (χ0) is 14.7. The molecule has 96 valence electrons. The molecule has 0 bridgehead atoms. The van der Waals surface area contributed by atoms with Crippen LogP contribution in [-0.2, 0) is 4.79 Å². The number of hydrogen-bond acceptors (Lipinski definition) is 5. The quantitative estimate of drug-likeness (QED) is 0.748. The van der Waals surface area contributed by atoms with Gasteiger partial charge in [0.05, 0.1) is 24.3 Å². The van der Waals surface area contributed by atoms with Crippen LogP contribution in [0.3, 0.4) is 0 Å². The van der Waals surface area contributed by atoms with Crippen LogP contribution in [0.25, 0.3) is 0 Å². The highest BCUT2D eigenvalue weighted by Gasteiger charge is 2.64. The first-order chi connectivity index (χ1) is 8.98. The highest BCUT2D eigenvalue weighted by Crippen LogP contribution is 2.54. The van der Waals surface area contributed by atoms with Gasteiger partial charge in [-0.2, -0.15) is 21.0 Å². The first-order valence-electron chi connectivity index (χ1n) is 6.16. The predicted molar refractivity (Wildman–Crippen MR) is 64.5 cm³/mol. The third kappa shape index (κ3) is 1.76. The fourth-order valence-corrected chi connectivity index (χ4v) is 2.92. The lowest BCUT2D eigenvalue weighted by molar-refractivity contribution is -0.132. The molecule has 1 aliphatic carbocycles. The maximum absolute atomic E-state index is 12.1. The number of carbonyl (C=O) groups excluding carboxylic acids is 1. The Morgan fingerprint density at radius 1 is 1.16 bits per heavy atom. The molecule has 0 aliphatic heterocycles. The summed E-state index contributed by atoms with van der Waals surface area (Å²) in [5.41, 5.74) is -3.61. The Labute approximate surface area is 112 Å². The summed E-state index contributed by atoms with van der Waals surface area (Å²) in [7, 11) is 0. The molecule has 5 nitrogen and oxygen atoms in total. The number of rotatable bonds is 2. The second-order valence-corrected chi connectivity index (χ2v) is 4.99. The summed E-state index contributed by atoms with van der Waals surface area (Å²) in [6.07, 6.45) is 0.980. The Balaban J connectivity index is 3.49. The van der Waals surface area contributed by atoms with Crippen molar-refractivity contribution >= 4 is 5.78 Å². The zero-order valence-corrected chi connectivity index (χ0v) is 11.0. The summed E-state index contributed by atoms with van der Waals surface area (Å²) in [6.45, 7) is 3.53. The average molecular weight is 254 g/mol. The molecule has 0 amide bonds. The van der Waals surface area contributed by atoms with Crippen LogP contribution in [0.4, 0.5) is 0 Å². The van der Waals surface area contributed by atoms with Crippen LogP contribution >= 0.6 is 0 Å². The second kappa shape index (κ2) is 5.09. The van der Waals surface area contributed by atoms with Gasteiger partial charge < -0.3 is 0 Å². The molecule has 0 aromatic carbocycles. The minimum Gasteiger partial charge on any atom is -0.299 e. The molecule has 5 heteroatoms. The van der Waals surface area contributed by atoms with E-state index in [0.29, 0.717) is 6.42 Å². The molecule has 19 heavy (non-hydrogen) atoms. The number of carbonyl (C=O) groups is 1. The minimum absolute atomic E-state index is 0.196. The zero-order valence-electron chi connectivity index (χ0n) is 11.0. The number of hydrogen-bond donors (Lipinski definition) is 0. The highest BCUT2D eigenvalue weighted by molar-refractivity contribution is 5.85. The van der Waals surface area contributed by atoms with Crippen molar-refractivity contribution in [2.24, 2.45) is 22.7 Å². The maximum Gasteiger partial charge on any atom is 0.182 e. The molecule has 2 unspecified atom stereocenters. The highest BCUT2D eigenvalue weighted by atomic mass is 16.1. The summed E-state index contributed by atoms with van der Waals surface area (Å²) in [5, 5.41) is 37.3. The molecular formula is C14H14N4O. The van der Waals surface area contributed by atoms with Gasteiger partial charge in [-0.3, -0.25) is 4.79 Å². The van der Waals surface area contributed by atoms with E-state index in [-0.39, 0.29) is 12.2 Å². The topological polar surface area (TPSA) is 112 Å². The van der Waals surface area contributed by atoms with E-state index < -0.39 is 22.7 Å². The van der Waals surface area contributed by atoms with Crippen molar-refractivity contribution < 1.29 is 4.79 Å². The largest absolute Gasteiger partial charge is 0.299 e. The van der Waals surface area contributed by atoms with E-state index in [1.165, 1.54) is 0 Å². The van der Waals surface area contributed by atoms with Crippen molar-refractivity contribution in [3.63, 3.8) is 0 Å². The monoisotopic (exact) mass is 254 g/mol. The summed E-state index contributed by atoms with van der Waals surface area (Å²) >= 11 is 0. The Hall–Kier alpha value is -2.37. The third-order valence-corrected chi connectivity index (χ3v) is 4.15. The van der Waals surface area contributed by atoms with Gasteiger partial charge >= 0.3 is 0 Å². The fourth-order valence-electron chi connectivity index (χ4n) is 2.92. The molecule has 0 spiro atoms. The van der Waals surface area contributed by atoms with E-state index >= 15 is 0 Å². The van der Waals surface area contributed by atoms with Crippen molar-refractivity contribution in [1.29, 1.82) is 21.0 Å². The van der Waals surface area contributed by atoms with Crippen LogP contribution in [0.1, 0.15) is 33.1 Å². The van der Waals surface area contributed by atoms with E-state index in [4.69, 9.17) is 0 Å². The lowest BCUT2D eigenvalue weighted by atomic mass is 9.50. The summed E-state index contributed by atoms with van der Waals surface area (Å²) < 4.78 is 0. The van der Waals surface area contributed by atoms with Crippen LogP contribution in [-0.4, -0.2) is 5.78 Å². The van der Waals surface area contributed by atoms with Crippen LogP contribution < -0.4 is 0 Å². The van der Waals surface area contributed by atoms with Gasteiger partial charge in [0, 0.05) is 18.3 Å². The smallest absolute Gasteiger partial charge is 0.182 e. The van der Waals surface area contributed by atoms with Crippen molar-refractivity contribution in [2.75, 3.05) is 0 Å². The van der Waals surface area contributed by atoms with Crippen LogP contribution in [0.5, 0.6) is 0 Å². The SMILES string of the molecule is CCCC1C(=O)CC(C#N)(C#N)C(C#N)(C#N)C1C. The first kappa shape index (κ1) is 14.7. The van der Waals surface area contributed by atoms with Crippen molar-refractivity contribution in [3.8, 4) is 24.3 Å². The van der Waals surface area contributed by atoms with E-state index in [2.05, 4.69) is 0 Å². The molecule has 1 rings (SSSR count). The normalized spacial score (nSPS) is 27.4. The van der Waals surface area contributed by atoms with Gasteiger partial charge in [-0.05, 0) is 6.42 Å². The van der Waals surface area contributed by atoms with E-state index in [1.54, 1.807) is 19.1 Å². The number of nitriles is 4. The van der Waals surface area contributed by atoms with Crippen LogP contribution in [0, 0.1) is 68.0 Å². The Morgan fingerprint density at radius 3 is 2.05 bits per heavy atom. The molecule has 0 aromatic heterocycles. The number of ketones is 1. The third-order valence-electron chi connectivity index (χ3n) is 4.15. The van der Waals surface area contributed by atoms with Crippen LogP contribution in [0.15, 0.2) is 0 Å². The molecule has 1 saturated carbocycles. The first-order valence-corrected chi connectivity index (χ1v) is 6.16. The van der Waals surface area contributed by atoms with Crippen LogP contribution in [0.2, 0.25) is 0 Å². The van der Waals surface area contributed by atoms with Crippen molar-refractivity contribution in [3.05, 3.63) is 0 Å². The number of Topliss-reactive ketones (excluding diaryl/α,β-unsaturated/α-hetero) is 1. The molecule has 0 heterocycles. The molecule has 1 aliphatic rings. The summed E-state index contributed by atoms with van der Waals surface area (Å²) in [6, 6.07) is 7.23. The van der Waals surface area contributed by atoms with Gasteiger partial charge in [0.2, 0.25) is 0 Å². The van der Waals surface area contributed by atoms with E-state index in [9.17, 15) is 25.8 Å². The summed E-state index contributed by atoms with van der Waals surface area (Å²) in [5.74, 6) is -1.25.